The molecule has 0 aromatic carbocycles. The van der Waals surface area contributed by atoms with Gasteiger partial charge in [-0.25, -0.2) is 9.59 Å². The molecule has 1 aromatic heterocycles. The third kappa shape index (κ3) is 3.52. The number of carbonyl (C=O) groups is 3. The molecule has 24 heavy (non-hydrogen) atoms. The van der Waals surface area contributed by atoms with Gasteiger partial charge in [0, 0.05) is 19.4 Å². The van der Waals surface area contributed by atoms with E-state index in [2.05, 4.69) is 0 Å². The Balaban J connectivity index is 2.62. The minimum Gasteiger partial charge on any atom is -0.487 e. The van der Waals surface area contributed by atoms with Crippen molar-refractivity contribution < 1.29 is 33.3 Å². The van der Waals surface area contributed by atoms with E-state index in [1.165, 1.54) is 4.57 Å². The van der Waals surface area contributed by atoms with Gasteiger partial charge in [0.15, 0.2) is 22.9 Å². The van der Waals surface area contributed by atoms with Gasteiger partial charge in [-0.05, 0) is 13.8 Å². The quantitative estimate of drug-likeness (QED) is 0.550. The van der Waals surface area contributed by atoms with Crippen molar-refractivity contribution in [3.63, 3.8) is 0 Å². The molecular weight excluding hydrogens is 318 g/mol. The van der Waals surface area contributed by atoms with Gasteiger partial charge in [0.05, 0.1) is 26.4 Å². The van der Waals surface area contributed by atoms with E-state index in [0.717, 1.165) is 0 Å². The van der Waals surface area contributed by atoms with Crippen LogP contribution in [-0.4, -0.2) is 49.2 Å². The van der Waals surface area contributed by atoms with Crippen LogP contribution in [0, 0.1) is 0 Å². The van der Waals surface area contributed by atoms with Crippen molar-refractivity contribution in [3.05, 3.63) is 11.4 Å². The molecule has 132 valence electrons. The first-order chi connectivity index (χ1) is 11.7. The number of hydrogen-bond acceptors (Lipinski definition) is 7. The van der Waals surface area contributed by atoms with Crippen molar-refractivity contribution >= 4 is 18.2 Å². The number of carbonyl (C=O) groups excluding carboxylic acids is 3. The Hall–Kier alpha value is -2.51. The molecule has 0 unspecified atom stereocenters. The first-order valence-electron chi connectivity index (χ1n) is 7.95. The van der Waals surface area contributed by atoms with Crippen LogP contribution >= 0.6 is 0 Å². The zero-order valence-corrected chi connectivity index (χ0v) is 13.8. The lowest BCUT2D eigenvalue weighted by molar-refractivity contribution is -0.108. The summed E-state index contributed by atoms with van der Waals surface area (Å²) in [7, 11) is 0. The fraction of sp³-hybridized carbons (Fsp3) is 0.562. The Morgan fingerprint density at radius 2 is 1.54 bits per heavy atom. The van der Waals surface area contributed by atoms with Crippen LogP contribution in [0.25, 0.3) is 0 Å². The monoisotopic (exact) mass is 339 g/mol. The van der Waals surface area contributed by atoms with Crippen molar-refractivity contribution in [2.24, 2.45) is 0 Å². The van der Waals surface area contributed by atoms with E-state index in [4.69, 9.17) is 18.9 Å². The molecule has 8 nitrogen and oxygen atoms in total. The van der Waals surface area contributed by atoms with Crippen molar-refractivity contribution in [2.45, 2.75) is 33.2 Å². The maximum absolute atomic E-state index is 12.4. The number of hydrogen-bond donors (Lipinski definition) is 0. The second-order valence-corrected chi connectivity index (χ2v) is 4.95. The van der Waals surface area contributed by atoms with Gasteiger partial charge in [-0.1, -0.05) is 0 Å². The lowest BCUT2D eigenvalue weighted by Crippen LogP contribution is -2.19. The van der Waals surface area contributed by atoms with Gasteiger partial charge in [0.2, 0.25) is 0 Å². The second-order valence-electron chi connectivity index (χ2n) is 4.95. The topological polar surface area (TPSA) is 93.1 Å². The molecule has 0 aliphatic carbocycles. The molecule has 0 saturated heterocycles. The Morgan fingerprint density at radius 1 is 1.04 bits per heavy atom. The zero-order valence-electron chi connectivity index (χ0n) is 13.8. The van der Waals surface area contributed by atoms with Crippen LogP contribution in [0.3, 0.4) is 0 Å². The molecular formula is C16H21NO7. The fourth-order valence-electron chi connectivity index (χ4n) is 2.46. The SMILES string of the molecule is CCOC(=O)c1c2c(c(C(=O)OCC)n1CCC=O)OCCCO2. The maximum atomic E-state index is 12.4. The summed E-state index contributed by atoms with van der Waals surface area (Å²) in [6.45, 7) is 4.51. The summed E-state index contributed by atoms with van der Waals surface area (Å²) < 4.78 is 22.8. The molecule has 1 aliphatic rings. The fourth-order valence-corrected chi connectivity index (χ4v) is 2.46. The number of esters is 2. The zero-order chi connectivity index (χ0) is 17.5. The molecule has 0 saturated carbocycles. The molecule has 0 N–H and O–H groups in total. The standard InChI is InChI=1S/C16H21NO7/c1-3-21-15(19)11-13-14(24-10-6-9-23-13)12(16(20)22-4-2)17(11)7-5-8-18/h8H,3-7,9-10H2,1-2H3. The highest BCUT2D eigenvalue weighted by Gasteiger charge is 2.35. The third-order valence-electron chi connectivity index (χ3n) is 3.37. The van der Waals surface area contributed by atoms with E-state index in [-0.39, 0.29) is 49.1 Å². The largest absolute Gasteiger partial charge is 0.487 e. The summed E-state index contributed by atoms with van der Waals surface area (Å²) in [5, 5.41) is 0. The highest BCUT2D eigenvalue weighted by Crippen LogP contribution is 2.40. The van der Waals surface area contributed by atoms with Crippen molar-refractivity contribution in [3.8, 4) is 11.5 Å². The second kappa shape index (κ2) is 8.37. The predicted molar refractivity (Wildman–Crippen MR) is 82.6 cm³/mol. The molecule has 8 heteroatoms. The van der Waals surface area contributed by atoms with Crippen LogP contribution in [0.15, 0.2) is 0 Å². The van der Waals surface area contributed by atoms with Crippen LogP contribution in [0.5, 0.6) is 11.5 Å². The van der Waals surface area contributed by atoms with Gasteiger partial charge in [0.25, 0.3) is 0 Å². The average Bonchev–Trinajstić information content (AvgIpc) is 2.69. The van der Waals surface area contributed by atoms with Gasteiger partial charge < -0.3 is 28.3 Å². The molecule has 1 aliphatic heterocycles. The number of fused-ring (bicyclic) bond motifs is 1. The maximum Gasteiger partial charge on any atom is 0.359 e. The summed E-state index contributed by atoms with van der Waals surface area (Å²) in [5.74, 6) is -0.943. The predicted octanol–water partition coefficient (Wildman–Crippen LogP) is 1.59. The van der Waals surface area contributed by atoms with Crippen molar-refractivity contribution in [1.29, 1.82) is 0 Å². The lowest BCUT2D eigenvalue weighted by Gasteiger charge is -2.12. The van der Waals surface area contributed by atoms with Gasteiger partial charge in [0.1, 0.15) is 6.29 Å². The lowest BCUT2D eigenvalue weighted by atomic mass is 10.3. The minimum absolute atomic E-state index is 0.0682. The molecule has 0 radical (unpaired) electrons. The first kappa shape index (κ1) is 17.8. The summed E-state index contributed by atoms with van der Waals surface area (Å²) in [6, 6.07) is 0. The van der Waals surface area contributed by atoms with E-state index in [1.54, 1.807) is 13.8 Å². The van der Waals surface area contributed by atoms with Crippen molar-refractivity contribution in [2.75, 3.05) is 26.4 Å². The number of ether oxygens (including phenoxy) is 4. The first-order valence-corrected chi connectivity index (χ1v) is 7.95. The average molecular weight is 339 g/mol. The Bertz CT molecular complexity index is 575. The minimum atomic E-state index is -0.638. The van der Waals surface area contributed by atoms with Gasteiger partial charge in [-0.3, -0.25) is 0 Å². The number of rotatable bonds is 7. The van der Waals surface area contributed by atoms with E-state index in [9.17, 15) is 14.4 Å². The van der Waals surface area contributed by atoms with Crippen molar-refractivity contribution in [1.82, 2.24) is 4.57 Å². The number of aromatic nitrogens is 1. The Labute approximate surface area is 139 Å². The normalized spacial score (nSPS) is 13.1. The molecule has 2 heterocycles. The van der Waals surface area contributed by atoms with Crippen LogP contribution in [0.4, 0.5) is 0 Å². The van der Waals surface area contributed by atoms with E-state index < -0.39 is 11.9 Å². The van der Waals surface area contributed by atoms with Gasteiger partial charge in [-0.2, -0.15) is 0 Å². The van der Waals surface area contributed by atoms with E-state index in [0.29, 0.717) is 25.9 Å². The Kier molecular flexibility index (Phi) is 6.22. The van der Waals surface area contributed by atoms with Crippen LogP contribution < -0.4 is 9.47 Å². The van der Waals surface area contributed by atoms with E-state index >= 15 is 0 Å². The van der Waals surface area contributed by atoms with Crippen LogP contribution in [0.1, 0.15) is 47.7 Å². The molecule has 0 atom stereocenters. The molecule has 2 rings (SSSR count). The molecule has 0 spiro atoms. The third-order valence-corrected chi connectivity index (χ3v) is 3.37. The molecule has 1 aromatic rings. The molecule has 0 amide bonds. The van der Waals surface area contributed by atoms with Crippen LogP contribution in [0.2, 0.25) is 0 Å². The smallest absolute Gasteiger partial charge is 0.359 e. The highest BCUT2D eigenvalue weighted by atomic mass is 16.6. The Morgan fingerprint density at radius 3 is 1.96 bits per heavy atom. The van der Waals surface area contributed by atoms with E-state index in [1.807, 2.05) is 0 Å². The van der Waals surface area contributed by atoms with Crippen LogP contribution in [-0.2, 0) is 20.8 Å². The molecule has 0 bridgehead atoms. The molecule has 0 fully saturated rings. The number of nitrogens with zero attached hydrogens (tertiary/aromatic N) is 1. The summed E-state index contributed by atoms with van der Waals surface area (Å²) >= 11 is 0. The highest BCUT2D eigenvalue weighted by molar-refractivity contribution is 5.99. The summed E-state index contributed by atoms with van der Waals surface area (Å²) in [4.78, 5) is 35.6. The summed E-state index contributed by atoms with van der Waals surface area (Å²) in [5.41, 5.74) is 0.136. The number of aldehydes is 1. The van der Waals surface area contributed by atoms with Gasteiger partial charge in [-0.15, -0.1) is 0 Å². The summed E-state index contributed by atoms with van der Waals surface area (Å²) in [6.07, 6.45) is 1.44. The van der Waals surface area contributed by atoms with Gasteiger partial charge >= 0.3 is 11.9 Å².